The summed E-state index contributed by atoms with van der Waals surface area (Å²) in [5.74, 6) is -0.695. The SMILES string of the molecule is Cc1ccc([N+](=O)[O-])cc1NC(=O)c1csc(NC(=O)CCc2ccccc2)n1. The molecule has 0 saturated heterocycles. The Labute approximate surface area is 170 Å². The van der Waals surface area contributed by atoms with Crippen LogP contribution in [0.5, 0.6) is 0 Å². The molecule has 0 radical (unpaired) electrons. The van der Waals surface area contributed by atoms with Gasteiger partial charge in [0.05, 0.1) is 10.6 Å². The number of hydrogen-bond acceptors (Lipinski definition) is 6. The molecule has 0 bridgehead atoms. The zero-order chi connectivity index (χ0) is 20.8. The van der Waals surface area contributed by atoms with Gasteiger partial charge in [-0.05, 0) is 24.5 Å². The molecule has 0 saturated carbocycles. The highest BCUT2D eigenvalue weighted by molar-refractivity contribution is 7.14. The average molecular weight is 410 g/mol. The molecule has 0 unspecified atom stereocenters. The fourth-order valence-corrected chi connectivity index (χ4v) is 3.27. The Balaban J connectivity index is 1.59. The van der Waals surface area contributed by atoms with Gasteiger partial charge in [-0.2, -0.15) is 0 Å². The zero-order valence-corrected chi connectivity index (χ0v) is 16.4. The van der Waals surface area contributed by atoms with Gasteiger partial charge in [-0.1, -0.05) is 36.4 Å². The number of nitrogens with one attached hydrogen (secondary N) is 2. The van der Waals surface area contributed by atoms with Crippen molar-refractivity contribution < 1.29 is 14.5 Å². The molecule has 0 atom stereocenters. The monoisotopic (exact) mass is 410 g/mol. The number of rotatable bonds is 7. The molecule has 3 aromatic rings. The molecule has 0 fully saturated rings. The second-order valence-corrected chi connectivity index (χ2v) is 7.14. The summed E-state index contributed by atoms with van der Waals surface area (Å²) in [6.07, 6.45) is 0.912. The molecule has 2 N–H and O–H groups in total. The lowest BCUT2D eigenvalue weighted by molar-refractivity contribution is -0.384. The van der Waals surface area contributed by atoms with Crippen molar-refractivity contribution in [1.29, 1.82) is 0 Å². The van der Waals surface area contributed by atoms with E-state index in [-0.39, 0.29) is 17.3 Å². The minimum Gasteiger partial charge on any atom is -0.320 e. The van der Waals surface area contributed by atoms with E-state index >= 15 is 0 Å². The summed E-state index contributed by atoms with van der Waals surface area (Å²) in [6, 6.07) is 13.9. The Morgan fingerprint density at radius 3 is 2.62 bits per heavy atom. The zero-order valence-electron chi connectivity index (χ0n) is 15.5. The molecule has 8 nitrogen and oxygen atoms in total. The molecule has 0 aliphatic rings. The van der Waals surface area contributed by atoms with Crippen LogP contribution >= 0.6 is 11.3 Å². The van der Waals surface area contributed by atoms with Gasteiger partial charge in [0.1, 0.15) is 5.69 Å². The van der Waals surface area contributed by atoms with Crippen molar-refractivity contribution in [2.45, 2.75) is 19.8 Å². The minimum atomic E-state index is -0.527. The number of carbonyl (C=O) groups excluding carboxylic acids is 2. The van der Waals surface area contributed by atoms with Crippen LogP contribution in [0.15, 0.2) is 53.9 Å². The van der Waals surface area contributed by atoms with Crippen LogP contribution < -0.4 is 10.6 Å². The molecule has 9 heteroatoms. The van der Waals surface area contributed by atoms with E-state index in [9.17, 15) is 19.7 Å². The number of nitro groups is 1. The molecule has 3 rings (SSSR count). The molecule has 148 valence electrons. The summed E-state index contributed by atoms with van der Waals surface area (Å²) in [4.78, 5) is 39.0. The first-order valence-electron chi connectivity index (χ1n) is 8.78. The topological polar surface area (TPSA) is 114 Å². The van der Waals surface area contributed by atoms with Gasteiger partial charge in [0.25, 0.3) is 11.6 Å². The van der Waals surface area contributed by atoms with Gasteiger partial charge in [0.15, 0.2) is 5.13 Å². The molecule has 29 heavy (non-hydrogen) atoms. The summed E-state index contributed by atoms with van der Waals surface area (Å²) >= 11 is 1.14. The third-order valence-corrected chi connectivity index (χ3v) is 4.90. The van der Waals surface area contributed by atoms with Crippen molar-refractivity contribution in [2.24, 2.45) is 0 Å². The van der Waals surface area contributed by atoms with Crippen LogP contribution in [0, 0.1) is 17.0 Å². The number of thiazole rings is 1. The number of carbonyl (C=O) groups is 2. The summed E-state index contributed by atoms with van der Waals surface area (Å²) in [6.45, 7) is 1.73. The molecule has 1 heterocycles. The van der Waals surface area contributed by atoms with Crippen molar-refractivity contribution in [3.8, 4) is 0 Å². The van der Waals surface area contributed by atoms with E-state index in [1.807, 2.05) is 30.3 Å². The molecular formula is C20H18N4O4S. The predicted octanol–water partition coefficient (Wildman–Crippen LogP) is 4.18. The Bertz CT molecular complexity index is 1050. The maximum absolute atomic E-state index is 12.4. The molecule has 2 aromatic carbocycles. The van der Waals surface area contributed by atoms with E-state index < -0.39 is 10.8 Å². The first kappa shape index (κ1) is 20.2. The summed E-state index contributed by atoms with van der Waals surface area (Å²) in [7, 11) is 0. The summed E-state index contributed by atoms with van der Waals surface area (Å²) < 4.78 is 0. The number of nitro benzene ring substituents is 1. The Kier molecular flexibility index (Phi) is 6.30. The van der Waals surface area contributed by atoms with Crippen molar-refractivity contribution in [3.63, 3.8) is 0 Å². The van der Waals surface area contributed by atoms with E-state index in [1.54, 1.807) is 13.0 Å². The van der Waals surface area contributed by atoms with E-state index in [2.05, 4.69) is 15.6 Å². The van der Waals surface area contributed by atoms with Crippen LogP contribution in [0.25, 0.3) is 0 Å². The van der Waals surface area contributed by atoms with Crippen molar-refractivity contribution in [2.75, 3.05) is 10.6 Å². The second kappa shape index (κ2) is 9.07. The fourth-order valence-electron chi connectivity index (χ4n) is 2.56. The highest BCUT2D eigenvalue weighted by atomic mass is 32.1. The van der Waals surface area contributed by atoms with Gasteiger partial charge in [-0.3, -0.25) is 19.7 Å². The van der Waals surface area contributed by atoms with Crippen molar-refractivity contribution in [1.82, 2.24) is 4.98 Å². The number of nitrogens with zero attached hydrogens (tertiary/aromatic N) is 2. The van der Waals surface area contributed by atoms with Gasteiger partial charge in [-0.25, -0.2) is 4.98 Å². The number of aryl methyl sites for hydroxylation is 2. The van der Waals surface area contributed by atoms with Crippen molar-refractivity contribution in [3.05, 3.63) is 80.8 Å². The largest absolute Gasteiger partial charge is 0.320 e. The van der Waals surface area contributed by atoms with Gasteiger partial charge < -0.3 is 10.6 Å². The predicted molar refractivity (Wildman–Crippen MR) is 111 cm³/mol. The number of non-ortho nitro benzene ring substituents is 1. The van der Waals surface area contributed by atoms with Gasteiger partial charge >= 0.3 is 0 Å². The average Bonchev–Trinajstić information content (AvgIpc) is 3.17. The standard InChI is InChI=1S/C20H18N4O4S/c1-13-7-9-15(24(27)28)11-16(13)21-19(26)17-12-29-20(22-17)23-18(25)10-8-14-5-3-2-4-6-14/h2-7,9,11-12H,8,10H2,1H3,(H,21,26)(H,22,23,25). The van der Waals surface area contributed by atoms with Crippen LogP contribution in [0.2, 0.25) is 0 Å². The molecular weight excluding hydrogens is 392 g/mol. The maximum Gasteiger partial charge on any atom is 0.275 e. The van der Waals surface area contributed by atoms with Gasteiger partial charge in [-0.15, -0.1) is 11.3 Å². The highest BCUT2D eigenvalue weighted by Crippen LogP contribution is 2.23. The molecule has 0 aliphatic carbocycles. The van der Waals surface area contributed by atoms with Crippen LogP contribution in [-0.4, -0.2) is 21.7 Å². The molecule has 0 aliphatic heterocycles. The summed E-state index contributed by atoms with van der Waals surface area (Å²) in [5, 5.41) is 18.1. The minimum absolute atomic E-state index is 0.115. The Morgan fingerprint density at radius 2 is 1.90 bits per heavy atom. The third kappa shape index (κ3) is 5.45. The van der Waals surface area contributed by atoms with Crippen LogP contribution in [0.4, 0.5) is 16.5 Å². The summed E-state index contributed by atoms with van der Waals surface area (Å²) in [5.41, 5.74) is 2.10. The number of aromatic nitrogens is 1. The van der Waals surface area contributed by atoms with E-state index in [4.69, 9.17) is 0 Å². The lowest BCUT2D eigenvalue weighted by Gasteiger charge is -2.06. The normalized spacial score (nSPS) is 10.4. The molecule has 0 spiro atoms. The maximum atomic E-state index is 12.4. The van der Waals surface area contributed by atoms with E-state index in [0.717, 1.165) is 16.9 Å². The van der Waals surface area contributed by atoms with E-state index in [1.165, 1.54) is 17.5 Å². The van der Waals surface area contributed by atoms with Crippen molar-refractivity contribution >= 4 is 39.7 Å². The fraction of sp³-hybridized carbons (Fsp3) is 0.150. The van der Waals surface area contributed by atoms with Crippen LogP contribution in [0.3, 0.4) is 0 Å². The van der Waals surface area contributed by atoms with Crippen LogP contribution in [-0.2, 0) is 11.2 Å². The van der Waals surface area contributed by atoms with Crippen LogP contribution in [0.1, 0.15) is 28.0 Å². The van der Waals surface area contributed by atoms with E-state index in [0.29, 0.717) is 29.2 Å². The van der Waals surface area contributed by atoms with Gasteiger partial charge in [0.2, 0.25) is 5.91 Å². The third-order valence-electron chi connectivity index (χ3n) is 4.15. The van der Waals surface area contributed by atoms with Gasteiger partial charge in [0, 0.05) is 23.9 Å². The smallest absolute Gasteiger partial charge is 0.275 e. The number of hydrogen-bond donors (Lipinski definition) is 2. The highest BCUT2D eigenvalue weighted by Gasteiger charge is 2.15. The quantitative estimate of drug-likeness (QED) is 0.448. The number of benzene rings is 2. The Hall–Kier alpha value is -3.59. The molecule has 2 amide bonds. The Morgan fingerprint density at radius 1 is 1.14 bits per heavy atom. The number of amides is 2. The molecule has 1 aromatic heterocycles. The second-order valence-electron chi connectivity index (χ2n) is 6.28. The first-order chi connectivity index (χ1) is 13.9. The first-order valence-corrected chi connectivity index (χ1v) is 9.66. The lowest BCUT2D eigenvalue weighted by Crippen LogP contribution is -2.15. The number of anilines is 2. The lowest BCUT2D eigenvalue weighted by atomic mass is 10.1.